The Morgan fingerprint density at radius 3 is 2.74 bits per heavy atom. The van der Waals surface area contributed by atoms with Crippen LogP contribution < -0.4 is 5.32 Å². The molecular weight excluding hydrogens is 331 g/mol. The Kier molecular flexibility index (Phi) is 5.17. The van der Waals surface area contributed by atoms with Crippen LogP contribution in [0.1, 0.15) is 23.5 Å². The molecule has 0 bridgehead atoms. The molecule has 0 saturated carbocycles. The van der Waals surface area contributed by atoms with Crippen LogP contribution in [0.25, 0.3) is 10.6 Å². The van der Waals surface area contributed by atoms with E-state index in [9.17, 15) is 9.50 Å². The number of aromatic nitrogens is 1. The Balaban J connectivity index is 1.58. The monoisotopic (exact) mass is 348 g/mol. The number of thiophene rings is 1. The third-order valence-corrected chi connectivity index (χ3v) is 5.33. The van der Waals surface area contributed by atoms with Crippen molar-refractivity contribution in [3.8, 4) is 10.6 Å². The van der Waals surface area contributed by atoms with Crippen molar-refractivity contribution < 1.29 is 9.50 Å². The van der Waals surface area contributed by atoms with Crippen molar-refractivity contribution in [1.29, 1.82) is 0 Å². The van der Waals surface area contributed by atoms with Crippen LogP contribution in [0.2, 0.25) is 0 Å². The number of aliphatic hydroxyl groups is 1. The van der Waals surface area contributed by atoms with E-state index in [0.29, 0.717) is 12.1 Å². The second-order valence-corrected chi connectivity index (χ2v) is 7.20. The number of hydrogen-bond acceptors (Lipinski definition) is 5. The summed E-state index contributed by atoms with van der Waals surface area (Å²) in [6, 6.07) is 7.86. The first-order valence-corrected chi connectivity index (χ1v) is 9.03. The highest BCUT2D eigenvalue weighted by Crippen LogP contribution is 2.27. The van der Waals surface area contributed by atoms with Gasteiger partial charge in [0.25, 0.3) is 0 Å². The van der Waals surface area contributed by atoms with Crippen LogP contribution in [0.15, 0.2) is 47.3 Å². The van der Waals surface area contributed by atoms with E-state index in [-0.39, 0.29) is 11.9 Å². The van der Waals surface area contributed by atoms with Gasteiger partial charge in [-0.05, 0) is 36.1 Å². The van der Waals surface area contributed by atoms with Crippen molar-refractivity contribution in [3.05, 3.63) is 63.5 Å². The van der Waals surface area contributed by atoms with Crippen molar-refractivity contribution in [2.24, 2.45) is 0 Å². The summed E-state index contributed by atoms with van der Waals surface area (Å²) in [7, 11) is 0. The smallest absolute Gasteiger partial charge is 0.124 e. The summed E-state index contributed by atoms with van der Waals surface area (Å²) in [4.78, 5) is 5.55. The molecule has 3 nitrogen and oxygen atoms in total. The average Bonchev–Trinajstić information content (AvgIpc) is 3.23. The van der Waals surface area contributed by atoms with Crippen molar-refractivity contribution in [1.82, 2.24) is 10.3 Å². The Bertz CT molecular complexity index is 740. The quantitative estimate of drug-likeness (QED) is 0.701. The minimum Gasteiger partial charge on any atom is -0.387 e. The molecule has 0 aliphatic heterocycles. The summed E-state index contributed by atoms with van der Waals surface area (Å²) in [6.45, 7) is 2.55. The normalized spacial score (nSPS) is 13.9. The number of thiazole rings is 1. The van der Waals surface area contributed by atoms with Gasteiger partial charge < -0.3 is 10.4 Å². The van der Waals surface area contributed by atoms with Gasteiger partial charge in [0.1, 0.15) is 10.8 Å². The lowest BCUT2D eigenvalue weighted by molar-refractivity contribution is 0.135. The molecule has 2 unspecified atom stereocenters. The molecule has 0 saturated heterocycles. The highest BCUT2D eigenvalue weighted by atomic mass is 32.1. The predicted octanol–water partition coefficient (Wildman–Crippen LogP) is 4.22. The molecule has 0 aliphatic rings. The third-order valence-electron chi connectivity index (χ3n) is 3.61. The van der Waals surface area contributed by atoms with E-state index in [2.05, 4.69) is 21.7 Å². The van der Waals surface area contributed by atoms with Crippen LogP contribution in [0.4, 0.5) is 4.39 Å². The number of nitrogens with zero attached hydrogens (tertiary/aromatic N) is 1. The second-order valence-electron chi connectivity index (χ2n) is 5.31. The number of hydrogen-bond donors (Lipinski definition) is 2. The summed E-state index contributed by atoms with van der Waals surface area (Å²) in [5.41, 5.74) is 1.85. The standard InChI is InChI=1S/C17H17FN2OS2/c1-11(16(21)12-2-4-14(18)5-3-12)19-8-15-9-20-17(23-15)13-6-7-22-10-13/h2-7,9-11,16,19,21H,8H2,1H3. The van der Waals surface area contributed by atoms with Gasteiger partial charge in [-0.3, -0.25) is 0 Å². The average molecular weight is 348 g/mol. The lowest BCUT2D eigenvalue weighted by Crippen LogP contribution is -2.31. The van der Waals surface area contributed by atoms with Crippen LogP contribution in [-0.2, 0) is 6.54 Å². The van der Waals surface area contributed by atoms with E-state index in [0.717, 1.165) is 15.4 Å². The topological polar surface area (TPSA) is 45.2 Å². The Morgan fingerprint density at radius 1 is 1.26 bits per heavy atom. The highest BCUT2D eigenvalue weighted by Gasteiger charge is 2.16. The summed E-state index contributed by atoms with van der Waals surface area (Å²) in [5, 5.41) is 18.7. The number of nitrogens with one attached hydrogen (secondary N) is 1. The molecule has 3 aromatic rings. The van der Waals surface area contributed by atoms with Crippen molar-refractivity contribution in [2.75, 3.05) is 0 Å². The maximum atomic E-state index is 12.9. The molecule has 2 N–H and O–H groups in total. The fourth-order valence-electron chi connectivity index (χ4n) is 2.23. The summed E-state index contributed by atoms with van der Waals surface area (Å²) in [5.74, 6) is -0.299. The largest absolute Gasteiger partial charge is 0.387 e. The zero-order chi connectivity index (χ0) is 16.2. The van der Waals surface area contributed by atoms with Crippen molar-refractivity contribution in [3.63, 3.8) is 0 Å². The van der Waals surface area contributed by atoms with Crippen LogP contribution in [0, 0.1) is 5.82 Å². The second kappa shape index (κ2) is 7.31. The summed E-state index contributed by atoms with van der Waals surface area (Å²) in [6.07, 6.45) is 1.18. The van der Waals surface area contributed by atoms with E-state index in [1.165, 1.54) is 12.1 Å². The maximum absolute atomic E-state index is 12.9. The first kappa shape index (κ1) is 16.3. The van der Waals surface area contributed by atoms with Crippen LogP contribution in [-0.4, -0.2) is 16.1 Å². The van der Waals surface area contributed by atoms with Gasteiger partial charge in [0.2, 0.25) is 0 Å². The first-order chi connectivity index (χ1) is 11.1. The van der Waals surface area contributed by atoms with E-state index in [1.807, 2.05) is 18.5 Å². The molecule has 1 aromatic carbocycles. The fourth-order valence-corrected chi connectivity index (χ4v) is 3.81. The third kappa shape index (κ3) is 4.03. The molecule has 3 rings (SSSR count). The fraction of sp³-hybridized carbons (Fsp3) is 0.235. The molecule has 0 radical (unpaired) electrons. The van der Waals surface area contributed by atoms with Gasteiger partial charge in [-0.2, -0.15) is 11.3 Å². The molecule has 120 valence electrons. The van der Waals surface area contributed by atoms with Gasteiger partial charge in [0.05, 0.1) is 6.10 Å². The van der Waals surface area contributed by atoms with Gasteiger partial charge in [0.15, 0.2) is 0 Å². The van der Waals surface area contributed by atoms with Crippen LogP contribution >= 0.6 is 22.7 Å². The highest BCUT2D eigenvalue weighted by molar-refractivity contribution is 7.15. The van der Waals surface area contributed by atoms with Crippen molar-refractivity contribution >= 4 is 22.7 Å². The summed E-state index contributed by atoms with van der Waals surface area (Å²) >= 11 is 3.30. The zero-order valence-corrected chi connectivity index (χ0v) is 14.2. The summed E-state index contributed by atoms with van der Waals surface area (Å²) < 4.78 is 12.9. The number of aliphatic hydroxyl groups excluding tert-OH is 1. The molecule has 0 spiro atoms. The molecular formula is C17H17FN2OS2. The zero-order valence-electron chi connectivity index (χ0n) is 12.6. The minimum atomic E-state index is -0.681. The van der Waals surface area contributed by atoms with Crippen molar-refractivity contribution in [2.45, 2.75) is 25.6 Å². The van der Waals surface area contributed by atoms with E-state index in [1.54, 1.807) is 34.8 Å². The lowest BCUT2D eigenvalue weighted by Gasteiger charge is -2.20. The number of benzene rings is 1. The Labute approximate surface area is 142 Å². The molecule has 0 aliphatic carbocycles. The molecule has 2 aromatic heterocycles. The van der Waals surface area contributed by atoms with Crippen LogP contribution in [0.5, 0.6) is 0 Å². The maximum Gasteiger partial charge on any atom is 0.124 e. The SMILES string of the molecule is CC(NCc1cnc(-c2ccsc2)s1)C(O)c1ccc(F)cc1. The Hall–Kier alpha value is -1.60. The van der Waals surface area contributed by atoms with Gasteiger partial charge in [-0.25, -0.2) is 9.37 Å². The van der Waals surface area contributed by atoms with E-state index >= 15 is 0 Å². The number of rotatable bonds is 6. The first-order valence-electron chi connectivity index (χ1n) is 7.27. The molecule has 23 heavy (non-hydrogen) atoms. The molecule has 0 fully saturated rings. The Morgan fingerprint density at radius 2 is 2.04 bits per heavy atom. The molecule has 6 heteroatoms. The molecule has 0 amide bonds. The van der Waals surface area contributed by atoms with Crippen LogP contribution in [0.3, 0.4) is 0 Å². The molecule has 2 atom stereocenters. The van der Waals surface area contributed by atoms with Gasteiger partial charge in [0, 0.05) is 34.6 Å². The minimum absolute atomic E-state index is 0.146. The van der Waals surface area contributed by atoms with Gasteiger partial charge in [-0.15, -0.1) is 11.3 Å². The molecule has 2 heterocycles. The van der Waals surface area contributed by atoms with Gasteiger partial charge in [-0.1, -0.05) is 12.1 Å². The van der Waals surface area contributed by atoms with E-state index in [4.69, 9.17) is 0 Å². The number of halogens is 1. The lowest BCUT2D eigenvalue weighted by atomic mass is 10.0. The van der Waals surface area contributed by atoms with E-state index < -0.39 is 6.10 Å². The predicted molar refractivity (Wildman–Crippen MR) is 93.1 cm³/mol. The van der Waals surface area contributed by atoms with Gasteiger partial charge >= 0.3 is 0 Å².